The van der Waals surface area contributed by atoms with Crippen molar-refractivity contribution < 1.29 is 19.2 Å². The number of nitro benzene ring substituents is 1. The van der Waals surface area contributed by atoms with Gasteiger partial charge in [0.2, 0.25) is 12.7 Å². The number of carbonyl (C=O) groups is 1. The maximum absolute atomic E-state index is 12.2. The van der Waals surface area contributed by atoms with Crippen LogP contribution in [0.25, 0.3) is 0 Å². The van der Waals surface area contributed by atoms with Crippen LogP contribution in [0.5, 0.6) is 11.5 Å². The second-order valence-electron chi connectivity index (χ2n) is 5.23. The van der Waals surface area contributed by atoms with E-state index in [2.05, 4.69) is 10.6 Å². The maximum Gasteiger partial charge on any atom is 0.271 e. The second kappa shape index (κ2) is 6.45. The number of nitro groups is 1. The fourth-order valence-corrected chi connectivity index (χ4v) is 2.25. The van der Waals surface area contributed by atoms with Gasteiger partial charge in [-0.05, 0) is 25.1 Å². The van der Waals surface area contributed by atoms with E-state index in [0.717, 1.165) is 0 Å². The molecule has 0 unspecified atom stereocenters. The first kappa shape index (κ1) is 15.6. The van der Waals surface area contributed by atoms with Crippen LogP contribution in [0.2, 0.25) is 0 Å². The van der Waals surface area contributed by atoms with Crippen molar-refractivity contribution in [3.63, 3.8) is 0 Å². The van der Waals surface area contributed by atoms with Crippen LogP contribution >= 0.6 is 0 Å². The highest BCUT2D eigenvalue weighted by Crippen LogP contribution is 2.34. The van der Waals surface area contributed by atoms with Gasteiger partial charge in [0.15, 0.2) is 11.5 Å². The van der Waals surface area contributed by atoms with Crippen LogP contribution in [0.3, 0.4) is 0 Å². The first-order valence-corrected chi connectivity index (χ1v) is 7.24. The smallest absolute Gasteiger partial charge is 0.271 e. The molecule has 2 aromatic carbocycles. The Balaban J connectivity index is 1.64. The molecule has 2 N–H and O–H groups in total. The quantitative estimate of drug-likeness (QED) is 0.646. The molecule has 0 aliphatic carbocycles. The lowest BCUT2D eigenvalue weighted by Gasteiger charge is -2.15. The van der Waals surface area contributed by atoms with E-state index >= 15 is 0 Å². The summed E-state index contributed by atoms with van der Waals surface area (Å²) in [5.74, 6) is 0.966. The van der Waals surface area contributed by atoms with Gasteiger partial charge in [-0.2, -0.15) is 0 Å². The average molecular weight is 329 g/mol. The number of fused-ring (bicyclic) bond motifs is 1. The van der Waals surface area contributed by atoms with Crippen LogP contribution in [0, 0.1) is 10.1 Å². The summed E-state index contributed by atoms with van der Waals surface area (Å²) in [7, 11) is 0. The molecule has 1 amide bonds. The molecule has 1 aliphatic heterocycles. The van der Waals surface area contributed by atoms with E-state index in [4.69, 9.17) is 9.47 Å². The Hall–Kier alpha value is -3.29. The number of nitrogens with one attached hydrogen (secondary N) is 2. The van der Waals surface area contributed by atoms with E-state index in [9.17, 15) is 14.9 Å². The van der Waals surface area contributed by atoms with Crippen molar-refractivity contribution in [2.24, 2.45) is 0 Å². The molecular formula is C16H15N3O5. The van der Waals surface area contributed by atoms with Crippen molar-refractivity contribution >= 4 is 23.0 Å². The normalized spacial score (nSPS) is 13.2. The van der Waals surface area contributed by atoms with Crippen LogP contribution in [0.15, 0.2) is 42.5 Å². The lowest BCUT2D eigenvalue weighted by Crippen LogP contribution is -2.31. The lowest BCUT2D eigenvalue weighted by atomic mass is 10.2. The van der Waals surface area contributed by atoms with Gasteiger partial charge in [0.25, 0.3) is 5.69 Å². The summed E-state index contributed by atoms with van der Waals surface area (Å²) >= 11 is 0. The number of ether oxygens (including phenoxy) is 2. The number of benzene rings is 2. The second-order valence-corrected chi connectivity index (χ2v) is 5.23. The van der Waals surface area contributed by atoms with Gasteiger partial charge in [-0.1, -0.05) is 6.07 Å². The molecular weight excluding hydrogens is 314 g/mol. The van der Waals surface area contributed by atoms with E-state index in [0.29, 0.717) is 22.9 Å². The zero-order valence-corrected chi connectivity index (χ0v) is 12.8. The zero-order chi connectivity index (χ0) is 17.1. The van der Waals surface area contributed by atoms with Crippen molar-refractivity contribution in [2.75, 3.05) is 17.4 Å². The number of amides is 1. The standard InChI is InChI=1S/C16H15N3O5/c1-10(17-12-5-6-14-15(8-12)24-9-23-14)16(20)18-11-3-2-4-13(7-11)19(21)22/h2-8,10,17H,9H2,1H3,(H,18,20)/t10-/m1/s1. The van der Waals surface area contributed by atoms with Crippen LogP contribution in [0.4, 0.5) is 17.1 Å². The molecule has 3 rings (SSSR count). The Morgan fingerprint density at radius 3 is 2.75 bits per heavy atom. The zero-order valence-electron chi connectivity index (χ0n) is 12.8. The Bertz CT molecular complexity index is 793. The van der Waals surface area contributed by atoms with Gasteiger partial charge in [0.1, 0.15) is 6.04 Å². The molecule has 1 aliphatic rings. The van der Waals surface area contributed by atoms with E-state index < -0.39 is 11.0 Å². The summed E-state index contributed by atoms with van der Waals surface area (Å²) in [6.07, 6.45) is 0. The third-order valence-electron chi connectivity index (χ3n) is 3.47. The maximum atomic E-state index is 12.2. The molecule has 124 valence electrons. The number of nitrogens with zero attached hydrogens (tertiary/aromatic N) is 1. The molecule has 0 saturated heterocycles. The number of rotatable bonds is 5. The Morgan fingerprint density at radius 1 is 1.17 bits per heavy atom. The summed E-state index contributed by atoms with van der Waals surface area (Å²) in [4.78, 5) is 22.5. The molecule has 2 aromatic rings. The van der Waals surface area contributed by atoms with Gasteiger partial charge in [-0.25, -0.2) is 0 Å². The van der Waals surface area contributed by atoms with Crippen LogP contribution < -0.4 is 20.1 Å². The molecule has 24 heavy (non-hydrogen) atoms. The van der Waals surface area contributed by atoms with E-state index in [1.54, 1.807) is 31.2 Å². The number of non-ortho nitro benzene ring substituents is 1. The summed E-state index contributed by atoms with van der Waals surface area (Å²) in [5.41, 5.74) is 0.999. The monoisotopic (exact) mass is 329 g/mol. The van der Waals surface area contributed by atoms with Gasteiger partial charge in [0.05, 0.1) is 4.92 Å². The molecule has 0 bridgehead atoms. The van der Waals surface area contributed by atoms with Gasteiger partial charge in [0, 0.05) is 29.6 Å². The number of hydrogen-bond donors (Lipinski definition) is 2. The lowest BCUT2D eigenvalue weighted by molar-refractivity contribution is -0.384. The third kappa shape index (κ3) is 3.37. The molecule has 0 radical (unpaired) electrons. The van der Waals surface area contributed by atoms with Crippen molar-refractivity contribution in [1.82, 2.24) is 0 Å². The van der Waals surface area contributed by atoms with E-state index in [-0.39, 0.29) is 18.4 Å². The van der Waals surface area contributed by atoms with Crippen molar-refractivity contribution in [3.05, 3.63) is 52.6 Å². The number of carbonyl (C=O) groups excluding carboxylic acids is 1. The van der Waals surface area contributed by atoms with E-state index in [1.165, 1.54) is 18.2 Å². The predicted octanol–water partition coefficient (Wildman–Crippen LogP) is 2.76. The highest BCUT2D eigenvalue weighted by molar-refractivity contribution is 5.96. The average Bonchev–Trinajstić information content (AvgIpc) is 3.02. The van der Waals surface area contributed by atoms with Crippen molar-refractivity contribution in [3.8, 4) is 11.5 Å². The Labute approximate surface area is 137 Å². The number of hydrogen-bond acceptors (Lipinski definition) is 6. The Morgan fingerprint density at radius 2 is 1.96 bits per heavy atom. The van der Waals surface area contributed by atoms with Gasteiger partial charge in [-0.3, -0.25) is 14.9 Å². The van der Waals surface area contributed by atoms with Crippen LogP contribution in [-0.4, -0.2) is 23.7 Å². The van der Waals surface area contributed by atoms with Gasteiger partial charge in [-0.15, -0.1) is 0 Å². The molecule has 1 heterocycles. The molecule has 0 aromatic heterocycles. The highest BCUT2D eigenvalue weighted by Gasteiger charge is 2.17. The summed E-state index contributed by atoms with van der Waals surface area (Å²) in [6.45, 7) is 1.87. The Kier molecular flexibility index (Phi) is 4.19. The fraction of sp³-hybridized carbons (Fsp3) is 0.188. The molecule has 0 saturated carbocycles. The summed E-state index contributed by atoms with van der Waals surface area (Å²) < 4.78 is 10.5. The van der Waals surface area contributed by atoms with Crippen LogP contribution in [0.1, 0.15) is 6.92 Å². The van der Waals surface area contributed by atoms with Crippen molar-refractivity contribution in [1.29, 1.82) is 0 Å². The SMILES string of the molecule is C[C@@H](Nc1ccc2c(c1)OCO2)C(=O)Nc1cccc([N+](=O)[O-])c1. The predicted molar refractivity (Wildman–Crippen MR) is 87.4 cm³/mol. The fourth-order valence-electron chi connectivity index (χ4n) is 2.25. The largest absolute Gasteiger partial charge is 0.454 e. The first-order chi connectivity index (χ1) is 11.5. The minimum absolute atomic E-state index is 0.0795. The molecule has 0 spiro atoms. The highest BCUT2D eigenvalue weighted by atomic mass is 16.7. The minimum atomic E-state index is -0.551. The minimum Gasteiger partial charge on any atom is -0.454 e. The molecule has 8 nitrogen and oxygen atoms in total. The van der Waals surface area contributed by atoms with Crippen LogP contribution in [-0.2, 0) is 4.79 Å². The van der Waals surface area contributed by atoms with Gasteiger partial charge >= 0.3 is 0 Å². The number of anilines is 2. The van der Waals surface area contributed by atoms with E-state index in [1.807, 2.05) is 0 Å². The topological polar surface area (TPSA) is 103 Å². The molecule has 0 fully saturated rings. The van der Waals surface area contributed by atoms with Crippen molar-refractivity contribution in [2.45, 2.75) is 13.0 Å². The molecule has 8 heteroatoms. The summed E-state index contributed by atoms with van der Waals surface area (Å²) in [6, 6.07) is 10.5. The van der Waals surface area contributed by atoms with Gasteiger partial charge < -0.3 is 20.1 Å². The third-order valence-corrected chi connectivity index (χ3v) is 3.47. The molecule has 1 atom stereocenters. The summed E-state index contributed by atoms with van der Waals surface area (Å²) in [5, 5.41) is 16.5. The first-order valence-electron chi connectivity index (χ1n) is 7.24.